The fraction of sp³-hybridized carbons (Fsp3) is 0.636. The molecule has 0 aromatic rings. The van der Waals surface area contributed by atoms with Gasteiger partial charge in [0.15, 0.2) is 5.78 Å². The fourth-order valence-corrected chi connectivity index (χ4v) is 2.28. The van der Waals surface area contributed by atoms with E-state index in [1.165, 1.54) is 33.7 Å². The molecule has 4 unspecified atom stereocenters. The van der Waals surface area contributed by atoms with E-state index in [0.717, 1.165) is 46.2 Å². The van der Waals surface area contributed by atoms with Gasteiger partial charge in [-0.25, -0.2) is 14.4 Å². The maximum Gasteiger partial charge on any atom is 0.422 e. The molecule has 4 aliphatic rings. The summed E-state index contributed by atoms with van der Waals surface area (Å²) >= 11 is 0. The van der Waals surface area contributed by atoms with Gasteiger partial charge < -0.3 is 61.6 Å². The summed E-state index contributed by atoms with van der Waals surface area (Å²) in [6.07, 6.45) is 2.23. The van der Waals surface area contributed by atoms with E-state index in [0.29, 0.717) is 30.5 Å². The molecule has 0 aliphatic carbocycles. The van der Waals surface area contributed by atoms with Gasteiger partial charge in [0.05, 0.1) is 92.2 Å². The van der Waals surface area contributed by atoms with Crippen molar-refractivity contribution in [2.45, 2.75) is 77.2 Å². The van der Waals surface area contributed by atoms with Crippen LogP contribution in [0, 0.1) is 0 Å². The standard InChI is InChI=1S/C6H10O3.C5H5F3O2.C5H10O2.C5H8O2.C5H10O.C4H8O2.C4H6O2.C4H8O.2C3H6O/c1-3-6(7)4-9-5-8-2;1-3(4(9)10-2)5(6,7)8;1-5(3-6-2)4-7-5;1-4(2)5(6)7-3;1-4-5(2,3)6-4;1-5-2-4-3-6-4;1-3-4(5)6-2;1-3-4-5-2;1-3-2-4-3;1-3-4-2/h3H,1,4-5H2,2H3;1H2,2H3;3-4H2,1-2H3;1H2,2-3H3;4H,1-3H3;4H,2-3H2,1H3;3H,1H2,2H3;3H,1,4H2,2H3;3H,2H2,1H3;3H,1H2,2H3. The average molecular weight is 935 g/mol. The maximum atomic E-state index is 11.5. The Kier molecular flexibility index (Phi) is 50.6. The monoisotopic (exact) mass is 935 g/mol. The summed E-state index contributed by atoms with van der Waals surface area (Å²) in [5.74, 6) is -2.32. The van der Waals surface area contributed by atoms with Crippen LogP contribution in [0.1, 0.15) is 41.5 Å². The Labute approximate surface area is 379 Å². The zero-order chi connectivity index (χ0) is 51.4. The Morgan fingerprint density at radius 3 is 1.33 bits per heavy atom. The number of ketones is 1. The number of rotatable bonds is 15. The zero-order valence-electron chi connectivity index (χ0n) is 40.5. The molecular formula is C44H77F3O17. The summed E-state index contributed by atoms with van der Waals surface area (Å²) in [4.78, 5) is 40.5. The third-order valence-corrected chi connectivity index (χ3v) is 6.54. The molecule has 4 heterocycles. The number of hydrogen-bond acceptors (Lipinski definition) is 17. The first kappa shape index (κ1) is 71.4. The lowest BCUT2D eigenvalue weighted by Gasteiger charge is -2.05. The van der Waals surface area contributed by atoms with Gasteiger partial charge >= 0.3 is 24.1 Å². The van der Waals surface area contributed by atoms with Crippen LogP contribution in [0.2, 0.25) is 0 Å². The predicted octanol–water partition coefficient (Wildman–Crippen LogP) is 6.36. The number of ether oxygens (including phenoxy) is 13. The van der Waals surface area contributed by atoms with Crippen LogP contribution in [-0.2, 0) is 80.8 Å². The quantitative estimate of drug-likeness (QED) is 0.0256. The third kappa shape index (κ3) is 62.0. The Morgan fingerprint density at radius 2 is 1.22 bits per heavy atom. The number of alkyl halides is 3. The van der Waals surface area contributed by atoms with Gasteiger partial charge in [0, 0.05) is 40.1 Å². The largest absolute Gasteiger partial charge is 0.505 e. The lowest BCUT2D eigenvalue weighted by atomic mass is 10.2. The zero-order valence-corrected chi connectivity index (χ0v) is 40.5. The van der Waals surface area contributed by atoms with E-state index in [4.69, 9.17) is 33.2 Å². The molecule has 0 aromatic carbocycles. The van der Waals surface area contributed by atoms with E-state index < -0.39 is 23.7 Å². The highest BCUT2D eigenvalue weighted by atomic mass is 19.4. The molecule has 376 valence electrons. The number of epoxide rings is 4. The van der Waals surface area contributed by atoms with Crippen LogP contribution in [0.4, 0.5) is 13.2 Å². The van der Waals surface area contributed by atoms with Gasteiger partial charge in [-0.2, -0.15) is 13.2 Å². The molecule has 4 aliphatic heterocycles. The van der Waals surface area contributed by atoms with Crippen molar-refractivity contribution in [3.63, 3.8) is 0 Å². The van der Waals surface area contributed by atoms with Crippen LogP contribution < -0.4 is 0 Å². The molecule has 0 spiro atoms. The number of esters is 3. The van der Waals surface area contributed by atoms with Crippen LogP contribution in [-0.4, -0.2) is 169 Å². The van der Waals surface area contributed by atoms with Crippen LogP contribution in [0.3, 0.4) is 0 Å². The Morgan fingerprint density at radius 1 is 0.766 bits per heavy atom. The third-order valence-electron chi connectivity index (χ3n) is 6.54. The molecule has 0 bridgehead atoms. The lowest BCUT2D eigenvalue weighted by Crippen LogP contribution is -2.19. The van der Waals surface area contributed by atoms with E-state index >= 15 is 0 Å². The number of carbonyl (C=O) groups is 4. The van der Waals surface area contributed by atoms with Gasteiger partial charge in [0.2, 0.25) is 0 Å². The summed E-state index contributed by atoms with van der Waals surface area (Å²) in [6, 6.07) is 0. The Balaban J connectivity index is -0.000000148. The summed E-state index contributed by atoms with van der Waals surface area (Å²) in [6.45, 7) is 36.0. The molecule has 0 radical (unpaired) electrons. The fourth-order valence-electron chi connectivity index (χ4n) is 2.28. The van der Waals surface area contributed by atoms with E-state index in [9.17, 15) is 32.3 Å². The van der Waals surface area contributed by atoms with Crippen LogP contribution in [0.15, 0.2) is 75.1 Å². The number of methoxy groups -OCH3 is 8. The molecule has 4 saturated heterocycles. The second-order valence-electron chi connectivity index (χ2n) is 13.1. The number of halogens is 3. The van der Waals surface area contributed by atoms with Crippen molar-refractivity contribution in [1.29, 1.82) is 0 Å². The van der Waals surface area contributed by atoms with E-state index in [-0.39, 0.29) is 36.4 Å². The molecule has 0 aromatic heterocycles. The van der Waals surface area contributed by atoms with Gasteiger partial charge in [0.1, 0.15) is 30.7 Å². The normalized spacial score (nSPS) is 18.6. The first-order valence-electron chi connectivity index (χ1n) is 19.0. The maximum absolute atomic E-state index is 11.5. The number of carbonyl (C=O) groups excluding carboxylic acids is 4. The highest BCUT2D eigenvalue weighted by Gasteiger charge is 2.43. The van der Waals surface area contributed by atoms with Gasteiger partial charge in [-0.3, -0.25) is 4.79 Å². The Bertz CT molecular complexity index is 1270. The molecule has 17 nitrogen and oxygen atoms in total. The molecule has 0 saturated carbocycles. The summed E-state index contributed by atoms with van der Waals surface area (Å²) in [7, 11) is 11.6. The van der Waals surface area contributed by atoms with Crippen molar-refractivity contribution < 1.29 is 93.9 Å². The molecule has 4 fully saturated rings. The summed E-state index contributed by atoms with van der Waals surface area (Å²) in [5, 5.41) is 0. The topological polar surface area (TPSA) is 201 Å². The van der Waals surface area contributed by atoms with Gasteiger partial charge in [-0.05, 0) is 47.6 Å². The summed E-state index contributed by atoms with van der Waals surface area (Å²) in [5.41, 5.74) is -0.771. The molecule has 0 amide bonds. The average Bonchev–Trinajstić information content (AvgIpc) is 4.10. The molecular weight excluding hydrogens is 857 g/mol. The van der Waals surface area contributed by atoms with E-state index in [1.807, 2.05) is 6.92 Å². The highest BCUT2D eigenvalue weighted by Crippen LogP contribution is 2.34. The van der Waals surface area contributed by atoms with Crippen LogP contribution in [0.25, 0.3) is 0 Å². The SMILES string of the molecule is C=C(C(=O)OC)C(F)(F)F.C=C(C)C(=O)OC.C=CC(=O)COCOC.C=CC(=O)OC.C=CCOC.C=COC.CC1CO1.CC1OC1(C)C.COCC1(C)CO1.COCC1CO1. The molecule has 4 atom stereocenters. The van der Waals surface area contributed by atoms with Gasteiger partial charge in [0.25, 0.3) is 0 Å². The second kappa shape index (κ2) is 45.3. The van der Waals surface area contributed by atoms with Crippen LogP contribution >= 0.6 is 0 Å². The van der Waals surface area contributed by atoms with E-state index in [1.54, 1.807) is 41.4 Å². The molecule has 4 rings (SSSR count). The first-order valence-corrected chi connectivity index (χ1v) is 19.0. The minimum atomic E-state index is -4.69. The summed E-state index contributed by atoms with van der Waals surface area (Å²) < 4.78 is 94.0. The van der Waals surface area contributed by atoms with Crippen molar-refractivity contribution in [2.24, 2.45) is 0 Å². The first-order chi connectivity index (χ1) is 29.7. The lowest BCUT2D eigenvalue weighted by molar-refractivity contribution is -0.148. The number of hydrogen-bond donors (Lipinski definition) is 0. The second-order valence-corrected chi connectivity index (χ2v) is 13.1. The van der Waals surface area contributed by atoms with E-state index in [2.05, 4.69) is 95.6 Å². The van der Waals surface area contributed by atoms with Crippen LogP contribution in [0.5, 0.6) is 0 Å². The van der Waals surface area contributed by atoms with Crippen molar-refractivity contribution in [3.8, 4) is 0 Å². The van der Waals surface area contributed by atoms with Crippen molar-refractivity contribution in [2.75, 3.05) is 110 Å². The Hall–Kier alpha value is -4.25. The van der Waals surface area contributed by atoms with Gasteiger partial charge in [-0.1, -0.05) is 39.0 Å². The molecule has 20 heteroatoms. The molecule has 0 N–H and O–H groups in total. The van der Waals surface area contributed by atoms with Crippen molar-refractivity contribution in [1.82, 2.24) is 0 Å². The van der Waals surface area contributed by atoms with Crippen molar-refractivity contribution >= 4 is 23.7 Å². The minimum absolute atomic E-state index is 0.0529. The minimum Gasteiger partial charge on any atom is -0.505 e. The highest BCUT2D eigenvalue weighted by molar-refractivity contribution is 5.90. The van der Waals surface area contributed by atoms with Gasteiger partial charge in [-0.15, -0.1) is 6.58 Å². The molecule has 64 heavy (non-hydrogen) atoms. The van der Waals surface area contributed by atoms with Crippen molar-refractivity contribution in [3.05, 3.63) is 75.1 Å². The smallest absolute Gasteiger partial charge is 0.422 e. The predicted molar refractivity (Wildman–Crippen MR) is 236 cm³/mol.